The van der Waals surface area contributed by atoms with Crippen molar-refractivity contribution in [1.29, 1.82) is 0 Å². The number of carbonyl (C=O) groups is 2. The molecule has 5 saturated carbocycles. The molecule has 1 aromatic rings. The van der Waals surface area contributed by atoms with Crippen molar-refractivity contribution in [3.8, 4) is 0 Å². The second kappa shape index (κ2) is 9.30. The summed E-state index contributed by atoms with van der Waals surface area (Å²) in [7, 11) is 0. The van der Waals surface area contributed by atoms with Gasteiger partial charge in [-0.3, -0.25) is 9.59 Å². The maximum absolute atomic E-state index is 14.1. The van der Waals surface area contributed by atoms with E-state index in [9.17, 15) is 9.59 Å². The molecule has 9 atom stereocenters. The Bertz CT molecular complexity index is 1200. The Balaban J connectivity index is 1.34. The van der Waals surface area contributed by atoms with Gasteiger partial charge in [0.05, 0.1) is 5.41 Å². The highest BCUT2D eigenvalue weighted by atomic mass is 16.5. The van der Waals surface area contributed by atoms with Crippen LogP contribution >= 0.6 is 0 Å². The number of allylic oxidation sites excluding steroid dienone is 1. The van der Waals surface area contributed by atoms with Gasteiger partial charge in [-0.05, 0) is 116 Å². The second-order valence-corrected chi connectivity index (χ2v) is 16.0. The first-order valence-electron chi connectivity index (χ1n) is 16.2. The van der Waals surface area contributed by atoms with Gasteiger partial charge in [-0.2, -0.15) is 0 Å². The van der Waals surface area contributed by atoms with Crippen LogP contribution in [-0.4, -0.2) is 11.8 Å². The summed E-state index contributed by atoms with van der Waals surface area (Å²) in [6.07, 6.45) is 10.6. The van der Waals surface area contributed by atoms with Gasteiger partial charge in [-0.1, -0.05) is 77.1 Å². The lowest BCUT2D eigenvalue weighted by Crippen LogP contribution is -2.66. The molecule has 0 aliphatic heterocycles. The quantitative estimate of drug-likeness (QED) is 0.281. The van der Waals surface area contributed by atoms with E-state index in [4.69, 9.17) is 4.74 Å². The van der Waals surface area contributed by atoms with Crippen LogP contribution < -0.4 is 0 Å². The molecule has 1 aromatic carbocycles. The molecule has 3 heteroatoms. The summed E-state index contributed by atoms with van der Waals surface area (Å²) in [5, 5.41) is 0. The minimum absolute atomic E-state index is 0.0441. The van der Waals surface area contributed by atoms with Gasteiger partial charge in [-0.25, -0.2) is 0 Å². The number of hydrogen-bond acceptors (Lipinski definition) is 3. The van der Waals surface area contributed by atoms with E-state index in [0.29, 0.717) is 42.0 Å². The summed E-state index contributed by atoms with van der Waals surface area (Å²) in [6, 6.07) is 10.1. The SMILES string of the molecule is C=C(C)[C@@H]1CC[C@]2(C(=O)OCc3ccccc3)CC[C@]3(C)C(CC[C@@H]4[C@@]5(C)CCC(=O)C(C)(C)[C@@H]5CC[C@]43C)[C@@H]12. The number of esters is 1. The fraction of sp³-hybridized carbons (Fsp3) is 0.730. The zero-order chi connectivity index (χ0) is 28.7. The van der Waals surface area contributed by atoms with E-state index in [1.54, 1.807) is 0 Å². The number of rotatable bonds is 4. The zero-order valence-electron chi connectivity index (χ0n) is 26.0. The monoisotopic (exact) mass is 544 g/mol. The molecular weight excluding hydrogens is 492 g/mol. The first kappa shape index (κ1) is 28.2. The van der Waals surface area contributed by atoms with Crippen LogP contribution in [0.3, 0.4) is 0 Å². The van der Waals surface area contributed by atoms with Crippen molar-refractivity contribution in [1.82, 2.24) is 0 Å². The minimum Gasteiger partial charge on any atom is -0.460 e. The molecule has 6 rings (SSSR count). The number of carbonyl (C=O) groups excluding carboxylic acids is 2. The Morgan fingerprint density at radius 2 is 1.60 bits per heavy atom. The molecule has 0 radical (unpaired) electrons. The van der Waals surface area contributed by atoms with E-state index in [1.807, 2.05) is 30.3 Å². The third-order valence-corrected chi connectivity index (χ3v) is 14.4. The van der Waals surface area contributed by atoms with E-state index in [2.05, 4.69) is 48.1 Å². The second-order valence-electron chi connectivity index (χ2n) is 16.0. The Labute approximate surface area is 242 Å². The predicted molar refractivity (Wildman–Crippen MR) is 160 cm³/mol. The summed E-state index contributed by atoms with van der Waals surface area (Å²) in [5.74, 6) is 2.86. The molecule has 40 heavy (non-hydrogen) atoms. The fourth-order valence-corrected chi connectivity index (χ4v) is 12.2. The standard InChI is InChI=1S/C37H52O3/c1-24(2)26-15-20-37(32(39)40-23-25-11-9-8-10-12-25)22-21-35(6)27(31(26)37)13-14-29-34(5)18-17-30(38)33(3,4)28(34)16-19-36(29,35)7/h8-12,26-29,31H,1,13-23H2,2-7H3/t26-,27?,28-,29+,31+,34-,35+,36+,37-/m0/s1. The third kappa shape index (κ3) is 3.67. The van der Waals surface area contributed by atoms with E-state index >= 15 is 0 Å². The Morgan fingerprint density at radius 1 is 0.875 bits per heavy atom. The van der Waals surface area contributed by atoms with E-state index in [1.165, 1.54) is 24.8 Å². The number of benzene rings is 1. The number of Topliss-reactive ketones (excluding diaryl/α,β-unsaturated/α-hetero) is 1. The lowest BCUT2D eigenvalue weighted by atomic mass is 9.32. The molecule has 5 aliphatic carbocycles. The average molecular weight is 545 g/mol. The highest BCUT2D eigenvalue weighted by molar-refractivity contribution is 5.85. The molecule has 0 heterocycles. The molecule has 1 unspecified atom stereocenters. The van der Waals surface area contributed by atoms with Crippen molar-refractivity contribution in [2.45, 2.75) is 112 Å². The van der Waals surface area contributed by atoms with Gasteiger partial charge in [0.25, 0.3) is 0 Å². The summed E-state index contributed by atoms with van der Waals surface area (Å²) in [6.45, 7) is 19.3. The lowest BCUT2D eigenvalue weighted by molar-refractivity contribution is -0.236. The van der Waals surface area contributed by atoms with Crippen LogP contribution in [0.5, 0.6) is 0 Å². The number of fused-ring (bicyclic) bond motifs is 7. The van der Waals surface area contributed by atoms with Gasteiger partial charge in [-0.15, -0.1) is 0 Å². The van der Waals surface area contributed by atoms with Crippen LogP contribution in [-0.2, 0) is 20.9 Å². The average Bonchev–Trinajstić information content (AvgIpc) is 3.32. The summed E-state index contributed by atoms with van der Waals surface area (Å²) < 4.78 is 6.16. The Morgan fingerprint density at radius 3 is 2.30 bits per heavy atom. The summed E-state index contributed by atoms with van der Waals surface area (Å²) in [4.78, 5) is 27.2. The van der Waals surface area contributed by atoms with Gasteiger partial charge < -0.3 is 4.74 Å². The maximum atomic E-state index is 14.1. The van der Waals surface area contributed by atoms with E-state index < -0.39 is 0 Å². The van der Waals surface area contributed by atoms with Gasteiger partial charge >= 0.3 is 5.97 Å². The molecule has 5 fully saturated rings. The van der Waals surface area contributed by atoms with Crippen LogP contribution in [0, 0.1) is 56.7 Å². The minimum atomic E-state index is -0.383. The summed E-state index contributed by atoms with van der Waals surface area (Å²) >= 11 is 0. The Kier molecular flexibility index (Phi) is 6.56. The van der Waals surface area contributed by atoms with Crippen LogP contribution in [0.25, 0.3) is 0 Å². The fourth-order valence-electron chi connectivity index (χ4n) is 12.2. The summed E-state index contributed by atoms with van der Waals surface area (Å²) in [5.41, 5.74) is 2.33. The normalized spacial score (nSPS) is 45.5. The zero-order valence-corrected chi connectivity index (χ0v) is 26.0. The van der Waals surface area contributed by atoms with Crippen LogP contribution in [0.4, 0.5) is 0 Å². The number of hydrogen-bond donors (Lipinski definition) is 0. The van der Waals surface area contributed by atoms with E-state index in [0.717, 1.165) is 50.5 Å². The van der Waals surface area contributed by atoms with Gasteiger partial charge in [0.15, 0.2) is 0 Å². The van der Waals surface area contributed by atoms with Crippen molar-refractivity contribution in [2.75, 3.05) is 0 Å². The highest BCUT2D eigenvalue weighted by Gasteiger charge is 2.72. The largest absolute Gasteiger partial charge is 0.460 e. The smallest absolute Gasteiger partial charge is 0.312 e. The molecule has 0 spiro atoms. The molecular formula is C37H52O3. The molecule has 0 amide bonds. The number of ketones is 1. The Hall–Kier alpha value is -1.90. The molecule has 218 valence electrons. The highest BCUT2D eigenvalue weighted by Crippen LogP contribution is 2.77. The van der Waals surface area contributed by atoms with Gasteiger partial charge in [0.2, 0.25) is 0 Å². The topological polar surface area (TPSA) is 43.4 Å². The number of ether oxygens (including phenoxy) is 1. The molecule has 5 aliphatic rings. The van der Waals surface area contributed by atoms with E-state index in [-0.39, 0.29) is 33.0 Å². The molecule has 0 aromatic heterocycles. The third-order valence-electron chi connectivity index (χ3n) is 14.4. The van der Waals surface area contributed by atoms with Crippen molar-refractivity contribution >= 4 is 11.8 Å². The van der Waals surface area contributed by atoms with Crippen molar-refractivity contribution < 1.29 is 14.3 Å². The van der Waals surface area contributed by atoms with Gasteiger partial charge in [0, 0.05) is 11.8 Å². The van der Waals surface area contributed by atoms with Crippen LogP contribution in [0.1, 0.15) is 111 Å². The van der Waals surface area contributed by atoms with Crippen molar-refractivity contribution in [2.24, 2.45) is 56.7 Å². The molecule has 0 saturated heterocycles. The van der Waals surface area contributed by atoms with Gasteiger partial charge in [0.1, 0.15) is 12.4 Å². The van der Waals surface area contributed by atoms with Crippen molar-refractivity contribution in [3.63, 3.8) is 0 Å². The lowest BCUT2D eigenvalue weighted by Gasteiger charge is -2.72. The first-order chi connectivity index (χ1) is 18.8. The van der Waals surface area contributed by atoms with Crippen LogP contribution in [0.15, 0.2) is 42.5 Å². The van der Waals surface area contributed by atoms with Crippen LogP contribution in [0.2, 0.25) is 0 Å². The molecule has 0 bridgehead atoms. The van der Waals surface area contributed by atoms with Crippen molar-refractivity contribution in [3.05, 3.63) is 48.0 Å². The maximum Gasteiger partial charge on any atom is 0.312 e. The predicted octanol–water partition coefficient (Wildman–Crippen LogP) is 8.96. The molecule has 3 nitrogen and oxygen atoms in total. The molecule has 0 N–H and O–H groups in total. The first-order valence-corrected chi connectivity index (χ1v) is 16.2.